The van der Waals surface area contributed by atoms with Crippen molar-refractivity contribution in [3.63, 3.8) is 0 Å². The number of hydrogen-bond donors (Lipinski definition) is 0. The van der Waals surface area contributed by atoms with Crippen LogP contribution in [0.25, 0.3) is 0 Å². The average Bonchev–Trinajstić information content (AvgIpc) is 2.55. The van der Waals surface area contributed by atoms with Crippen LogP contribution in [0.2, 0.25) is 0 Å². The molecule has 1 aliphatic rings. The van der Waals surface area contributed by atoms with Gasteiger partial charge in [0.15, 0.2) is 0 Å². The lowest BCUT2D eigenvalue weighted by atomic mass is 9.98. The lowest BCUT2D eigenvalue weighted by Gasteiger charge is -2.20. The highest BCUT2D eigenvalue weighted by atomic mass is 127. The topological polar surface area (TPSA) is 29.0 Å². The molecule has 0 N–H and O–H groups in total. The molecule has 1 atom stereocenters. The van der Waals surface area contributed by atoms with Crippen LogP contribution in [0.5, 0.6) is 0 Å². The zero-order valence-electron chi connectivity index (χ0n) is 9.69. The Morgan fingerprint density at radius 2 is 2.06 bits per heavy atom. The number of nitrogens with zero attached hydrogens (tertiary/aromatic N) is 3. The van der Waals surface area contributed by atoms with Crippen LogP contribution in [0.15, 0.2) is 12.4 Å². The first-order valence-corrected chi connectivity index (χ1v) is 7.10. The van der Waals surface area contributed by atoms with E-state index in [1.54, 1.807) is 0 Å². The summed E-state index contributed by atoms with van der Waals surface area (Å²) in [6, 6.07) is 0. The van der Waals surface area contributed by atoms with E-state index in [0.29, 0.717) is 0 Å². The first-order valence-electron chi connectivity index (χ1n) is 6.02. The van der Waals surface area contributed by atoms with Crippen LogP contribution in [-0.4, -0.2) is 23.1 Å². The molecule has 16 heavy (non-hydrogen) atoms. The summed E-state index contributed by atoms with van der Waals surface area (Å²) in [5.74, 6) is 1.80. The van der Waals surface area contributed by atoms with Crippen molar-refractivity contribution in [1.29, 1.82) is 0 Å². The minimum Gasteiger partial charge on any atom is -0.341 e. The lowest BCUT2D eigenvalue weighted by molar-refractivity contribution is 0.459. The molecule has 1 aromatic rings. The van der Waals surface area contributed by atoms with Crippen LogP contribution >= 0.6 is 22.6 Å². The smallest absolute Gasteiger partial charge is 0.225 e. The van der Waals surface area contributed by atoms with Gasteiger partial charge in [-0.05, 0) is 47.8 Å². The number of hydrogen-bond acceptors (Lipinski definition) is 3. The standard InChI is InChI=1S/C12H18IN3/c1-2-10-4-3-6-16(7-5-10)12-14-8-11(13)9-15-12/h8-10H,2-7H2,1H3. The molecule has 1 aromatic heterocycles. The summed E-state index contributed by atoms with van der Waals surface area (Å²) in [4.78, 5) is 11.1. The van der Waals surface area contributed by atoms with Crippen molar-refractivity contribution in [2.75, 3.05) is 18.0 Å². The van der Waals surface area contributed by atoms with Crippen LogP contribution < -0.4 is 4.90 Å². The van der Waals surface area contributed by atoms with Crippen molar-refractivity contribution in [1.82, 2.24) is 9.97 Å². The summed E-state index contributed by atoms with van der Waals surface area (Å²) in [5.41, 5.74) is 0. The molecule has 88 valence electrons. The molecule has 3 nitrogen and oxygen atoms in total. The summed E-state index contributed by atoms with van der Waals surface area (Å²) in [6.07, 6.45) is 9.01. The fourth-order valence-corrected chi connectivity index (χ4v) is 2.52. The number of anilines is 1. The second-order valence-electron chi connectivity index (χ2n) is 4.39. The third kappa shape index (κ3) is 3.06. The lowest BCUT2D eigenvalue weighted by Crippen LogP contribution is -2.26. The second-order valence-corrected chi connectivity index (χ2v) is 5.64. The van der Waals surface area contributed by atoms with Gasteiger partial charge in [0.1, 0.15) is 0 Å². The maximum absolute atomic E-state index is 4.40. The van der Waals surface area contributed by atoms with E-state index in [0.717, 1.165) is 28.5 Å². The van der Waals surface area contributed by atoms with Crippen molar-refractivity contribution in [3.8, 4) is 0 Å². The quantitative estimate of drug-likeness (QED) is 0.780. The van der Waals surface area contributed by atoms with Gasteiger partial charge in [0.25, 0.3) is 0 Å². The van der Waals surface area contributed by atoms with E-state index in [-0.39, 0.29) is 0 Å². The molecule has 0 amide bonds. The highest BCUT2D eigenvalue weighted by molar-refractivity contribution is 14.1. The fourth-order valence-electron chi connectivity index (χ4n) is 2.24. The number of aromatic nitrogens is 2. The molecule has 0 saturated carbocycles. The monoisotopic (exact) mass is 331 g/mol. The summed E-state index contributed by atoms with van der Waals surface area (Å²) in [7, 11) is 0. The molecule has 0 aliphatic carbocycles. The van der Waals surface area contributed by atoms with Crippen molar-refractivity contribution in [2.24, 2.45) is 5.92 Å². The molecule has 4 heteroatoms. The third-order valence-corrected chi connectivity index (χ3v) is 3.87. The predicted molar refractivity (Wildman–Crippen MR) is 74.6 cm³/mol. The van der Waals surface area contributed by atoms with Crippen LogP contribution in [0.3, 0.4) is 0 Å². The Hall–Kier alpha value is -0.390. The Bertz CT molecular complexity index is 326. The molecular formula is C12H18IN3. The van der Waals surface area contributed by atoms with Crippen molar-refractivity contribution in [2.45, 2.75) is 32.6 Å². The maximum Gasteiger partial charge on any atom is 0.225 e. The third-order valence-electron chi connectivity index (χ3n) is 3.31. The predicted octanol–water partition coefficient (Wildman–Crippen LogP) is 3.10. The summed E-state index contributed by atoms with van der Waals surface area (Å²) >= 11 is 2.24. The minimum atomic E-state index is 0.897. The Kier molecular flexibility index (Phi) is 4.37. The summed E-state index contributed by atoms with van der Waals surface area (Å²) in [5, 5.41) is 0. The fraction of sp³-hybridized carbons (Fsp3) is 0.667. The van der Waals surface area contributed by atoms with Crippen LogP contribution in [0.4, 0.5) is 5.95 Å². The molecule has 2 rings (SSSR count). The van der Waals surface area contributed by atoms with Crippen LogP contribution in [-0.2, 0) is 0 Å². The average molecular weight is 331 g/mol. The van der Waals surface area contributed by atoms with E-state index in [1.807, 2.05) is 12.4 Å². The Morgan fingerprint density at radius 3 is 2.75 bits per heavy atom. The SMILES string of the molecule is CCC1CCCN(c2ncc(I)cn2)CC1. The Morgan fingerprint density at radius 1 is 1.31 bits per heavy atom. The van der Waals surface area contributed by atoms with Gasteiger partial charge in [-0.1, -0.05) is 13.3 Å². The number of halogens is 1. The molecule has 0 bridgehead atoms. The maximum atomic E-state index is 4.40. The summed E-state index contributed by atoms with van der Waals surface area (Å²) in [6.45, 7) is 4.51. The van der Waals surface area contributed by atoms with Gasteiger partial charge in [-0.2, -0.15) is 0 Å². The first-order chi connectivity index (χ1) is 7.79. The van der Waals surface area contributed by atoms with Crippen molar-refractivity contribution in [3.05, 3.63) is 16.0 Å². The molecule has 1 aliphatic heterocycles. The molecule has 0 radical (unpaired) electrons. The van der Waals surface area contributed by atoms with E-state index in [1.165, 1.54) is 25.7 Å². The first kappa shape index (κ1) is 12.1. The van der Waals surface area contributed by atoms with E-state index < -0.39 is 0 Å². The Balaban J connectivity index is 2.02. The highest BCUT2D eigenvalue weighted by Crippen LogP contribution is 2.22. The zero-order chi connectivity index (χ0) is 11.4. The van der Waals surface area contributed by atoms with Gasteiger partial charge >= 0.3 is 0 Å². The molecule has 1 fully saturated rings. The van der Waals surface area contributed by atoms with Crippen LogP contribution in [0.1, 0.15) is 32.6 Å². The normalized spacial score (nSPS) is 21.9. The molecule has 0 aromatic carbocycles. The van der Waals surface area contributed by atoms with Crippen LogP contribution in [0, 0.1) is 9.49 Å². The van der Waals surface area contributed by atoms with Gasteiger partial charge in [-0.25, -0.2) is 9.97 Å². The van der Waals surface area contributed by atoms with Gasteiger partial charge in [0, 0.05) is 29.1 Å². The van der Waals surface area contributed by atoms with Gasteiger partial charge in [0.05, 0.1) is 0 Å². The van der Waals surface area contributed by atoms with E-state index in [4.69, 9.17) is 0 Å². The van der Waals surface area contributed by atoms with E-state index in [2.05, 4.69) is 44.4 Å². The van der Waals surface area contributed by atoms with Gasteiger partial charge in [-0.3, -0.25) is 0 Å². The van der Waals surface area contributed by atoms with Crippen molar-refractivity contribution < 1.29 is 0 Å². The molecule has 2 heterocycles. The van der Waals surface area contributed by atoms with Gasteiger partial charge in [-0.15, -0.1) is 0 Å². The van der Waals surface area contributed by atoms with Crippen molar-refractivity contribution >= 4 is 28.5 Å². The van der Waals surface area contributed by atoms with Gasteiger partial charge < -0.3 is 4.90 Å². The molecule has 1 unspecified atom stereocenters. The minimum absolute atomic E-state index is 0.897. The summed E-state index contributed by atoms with van der Waals surface area (Å²) < 4.78 is 1.10. The highest BCUT2D eigenvalue weighted by Gasteiger charge is 2.17. The number of rotatable bonds is 2. The molecule has 1 saturated heterocycles. The van der Waals surface area contributed by atoms with E-state index >= 15 is 0 Å². The second kappa shape index (κ2) is 5.80. The molecule has 0 spiro atoms. The zero-order valence-corrected chi connectivity index (χ0v) is 11.9. The van der Waals surface area contributed by atoms with E-state index in [9.17, 15) is 0 Å². The largest absolute Gasteiger partial charge is 0.341 e. The Labute approximate surface area is 111 Å². The molecular weight excluding hydrogens is 313 g/mol. The van der Waals surface area contributed by atoms with Gasteiger partial charge in [0.2, 0.25) is 5.95 Å².